The van der Waals surface area contributed by atoms with Crippen molar-refractivity contribution in [3.63, 3.8) is 0 Å². The summed E-state index contributed by atoms with van der Waals surface area (Å²) in [5.41, 5.74) is 1.48. The summed E-state index contributed by atoms with van der Waals surface area (Å²) in [6.07, 6.45) is 0.310. The van der Waals surface area contributed by atoms with Gasteiger partial charge in [-0.25, -0.2) is 0 Å². The van der Waals surface area contributed by atoms with E-state index in [1.807, 2.05) is 18.2 Å². The minimum atomic E-state index is -0.0122. The summed E-state index contributed by atoms with van der Waals surface area (Å²) in [7, 11) is 0. The van der Waals surface area contributed by atoms with Crippen LogP contribution in [0.1, 0.15) is 15.9 Å². The molecule has 0 saturated heterocycles. The Bertz CT molecular complexity index is 1120. The van der Waals surface area contributed by atoms with Gasteiger partial charge in [0.1, 0.15) is 0 Å². The lowest BCUT2D eigenvalue weighted by Gasteiger charge is -2.07. The molecule has 0 aliphatic carbocycles. The fourth-order valence-electron chi connectivity index (χ4n) is 3.10. The number of benzene rings is 4. The first-order valence-corrected chi connectivity index (χ1v) is 8.75. The third kappa shape index (κ3) is 3.26. The largest absolute Gasteiger partial charge is 0.294 e. The van der Waals surface area contributed by atoms with Crippen LogP contribution < -0.4 is 0 Å². The lowest BCUT2D eigenvalue weighted by molar-refractivity contribution is 0.0993. The Kier molecular flexibility index (Phi) is 4.20. The topological polar surface area (TPSA) is 17.1 Å². The first-order chi connectivity index (χ1) is 12.1. The highest BCUT2D eigenvalue weighted by Crippen LogP contribution is 2.26. The van der Waals surface area contributed by atoms with Gasteiger partial charge in [-0.05, 0) is 57.4 Å². The van der Waals surface area contributed by atoms with Gasteiger partial charge in [0.05, 0.1) is 5.02 Å². The van der Waals surface area contributed by atoms with Crippen molar-refractivity contribution in [1.82, 2.24) is 0 Å². The molecular formula is C22H14Cl2O. The van der Waals surface area contributed by atoms with Crippen LogP contribution in [0, 0.1) is 0 Å². The molecule has 0 fully saturated rings. The summed E-state index contributed by atoms with van der Waals surface area (Å²) in [4.78, 5) is 12.6. The van der Waals surface area contributed by atoms with Gasteiger partial charge in [-0.2, -0.15) is 0 Å². The van der Waals surface area contributed by atoms with Gasteiger partial charge >= 0.3 is 0 Å². The number of Topliss-reactive ketones (excluding diaryl/α,β-unsaturated/α-hetero) is 1. The number of halogens is 2. The molecule has 0 atom stereocenters. The summed E-state index contributed by atoms with van der Waals surface area (Å²) in [5.74, 6) is -0.0122. The van der Waals surface area contributed by atoms with Crippen LogP contribution in [0.4, 0.5) is 0 Å². The number of carbonyl (C=O) groups excluding carboxylic acids is 1. The monoisotopic (exact) mass is 364 g/mol. The van der Waals surface area contributed by atoms with Crippen LogP contribution in [-0.2, 0) is 6.42 Å². The molecule has 1 nitrogen and oxygen atoms in total. The lowest BCUT2D eigenvalue weighted by atomic mass is 9.98. The van der Waals surface area contributed by atoms with Crippen molar-refractivity contribution in [2.45, 2.75) is 6.42 Å². The van der Waals surface area contributed by atoms with Crippen molar-refractivity contribution in [3.8, 4) is 0 Å². The van der Waals surface area contributed by atoms with Crippen LogP contribution in [0.5, 0.6) is 0 Å². The molecule has 0 heterocycles. The Morgan fingerprint density at radius 1 is 0.720 bits per heavy atom. The second kappa shape index (κ2) is 6.51. The zero-order valence-corrected chi connectivity index (χ0v) is 14.8. The zero-order chi connectivity index (χ0) is 17.4. The van der Waals surface area contributed by atoms with Gasteiger partial charge in [0, 0.05) is 17.0 Å². The number of hydrogen-bond acceptors (Lipinski definition) is 1. The minimum Gasteiger partial charge on any atom is -0.294 e. The predicted molar refractivity (Wildman–Crippen MR) is 106 cm³/mol. The molecule has 0 amide bonds. The average molecular weight is 365 g/mol. The van der Waals surface area contributed by atoms with E-state index in [1.165, 1.54) is 16.2 Å². The lowest BCUT2D eigenvalue weighted by Crippen LogP contribution is -2.04. The van der Waals surface area contributed by atoms with Crippen LogP contribution in [0.3, 0.4) is 0 Å². The Balaban J connectivity index is 1.69. The third-order valence-corrected chi connectivity index (χ3v) is 4.91. The van der Waals surface area contributed by atoms with E-state index in [4.69, 9.17) is 23.2 Å². The van der Waals surface area contributed by atoms with Gasteiger partial charge in [-0.3, -0.25) is 4.79 Å². The number of carbonyl (C=O) groups is 1. The quantitative estimate of drug-likeness (QED) is 0.291. The van der Waals surface area contributed by atoms with E-state index >= 15 is 0 Å². The van der Waals surface area contributed by atoms with Crippen molar-refractivity contribution < 1.29 is 4.79 Å². The van der Waals surface area contributed by atoms with Crippen molar-refractivity contribution in [2.24, 2.45) is 0 Å². The first kappa shape index (κ1) is 16.1. The number of rotatable bonds is 3. The van der Waals surface area contributed by atoms with E-state index in [2.05, 4.69) is 36.4 Å². The summed E-state index contributed by atoms with van der Waals surface area (Å²) in [6, 6.07) is 23.7. The van der Waals surface area contributed by atoms with Gasteiger partial charge in [0.15, 0.2) is 5.78 Å². The Hall–Kier alpha value is -2.35. The standard InChI is InChI=1S/C22H14Cl2O/c23-19-7-8-20(21(24)13-19)22(25)10-14-5-6-17-11-15-3-1-2-4-16(15)12-18(17)9-14/h1-9,11-13H,10H2. The predicted octanol–water partition coefficient (Wildman–Crippen LogP) is 6.73. The minimum absolute atomic E-state index is 0.0122. The second-order valence-corrected chi connectivity index (χ2v) is 6.95. The van der Waals surface area contributed by atoms with Crippen LogP contribution in [-0.4, -0.2) is 5.78 Å². The van der Waals surface area contributed by atoms with Gasteiger partial charge in [0.25, 0.3) is 0 Å². The smallest absolute Gasteiger partial charge is 0.168 e. The van der Waals surface area contributed by atoms with Crippen molar-refractivity contribution in [3.05, 3.63) is 94.0 Å². The van der Waals surface area contributed by atoms with E-state index in [0.717, 1.165) is 10.9 Å². The molecule has 0 spiro atoms. The summed E-state index contributed by atoms with van der Waals surface area (Å²) in [5, 5.41) is 5.63. The molecule has 0 radical (unpaired) electrons. The van der Waals surface area contributed by atoms with Crippen molar-refractivity contribution in [1.29, 1.82) is 0 Å². The fourth-order valence-corrected chi connectivity index (χ4v) is 3.61. The van der Waals surface area contributed by atoms with E-state index in [0.29, 0.717) is 22.0 Å². The molecule has 4 rings (SSSR count). The molecule has 4 aromatic carbocycles. The highest BCUT2D eigenvalue weighted by Gasteiger charge is 2.12. The van der Waals surface area contributed by atoms with Gasteiger partial charge in [-0.1, -0.05) is 65.7 Å². The number of hydrogen-bond donors (Lipinski definition) is 0. The first-order valence-electron chi connectivity index (χ1n) is 8.00. The van der Waals surface area contributed by atoms with Gasteiger partial charge in [0.2, 0.25) is 0 Å². The molecule has 0 aliphatic heterocycles. The maximum Gasteiger partial charge on any atom is 0.168 e. The van der Waals surface area contributed by atoms with E-state index in [9.17, 15) is 4.79 Å². The molecular weight excluding hydrogens is 351 g/mol. The third-order valence-electron chi connectivity index (χ3n) is 4.37. The van der Waals surface area contributed by atoms with Gasteiger partial charge in [-0.15, -0.1) is 0 Å². The maximum absolute atomic E-state index is 12.6. The Morgan fingerprint density at radius 2 is 1.40 bits per heavy atom. The van der Waals surface area contributed by atoms with Gasteiger partial charge < -0.3 is 0 Å². The second-order valence-electron chi connectivity index (χ2n) is 6.10. The molecule has 4 aromatic rings. The maximum atomic E-state index is 12.6. The molecule has 0 bridgehead atoms. The summed E-state index contributed by atoms with van der Waals surface area (Å²) < 4.78 is 0. The molecule has 0 unspecified atom stereocenters. The average Bonchev–Trinajstić information content (AvgIpc) is 2.59. The van der Waals surface area contributed by atoms with Crippen molar-refractivity contribution >= 4 is 50.5 Å². The normalized spacial score (nSPS) is 11.1. The molecule has 0 N–H and O–H groups in total. The SMILES string of the molecule is O=C(Cc1ccc2cc3ccccc3cc2c1)c1ccc(Cl)cc1Cl. The molecule has 3 heteroatoms. The van der Waals surface area contributed by atoms with E-state index in [-0.39, 0.29) is 5.78 Å². The highest BCUT2D eigenvalue weighted by atomic mass is 35.5. The summed E-state index contributed by atoms with van der Waals surface area (Å²) in [6.45, 7) is 0. The number of fused-ring (bicyclic) bond motifs is 2. The van der Waals surface area contributed by atoms with Crippen LogP contribution in [0.25, 0.3) is 21.5 Å². The highest BCUT2D eigenvalue weighted by molar-refractivity contribution is 6.36. The molecule has 0 aliphatic rings. The molecule has 122 valence electrons. The fraction of sp³-hybridized carbons (Fsp3) is 0.0455. The van der Waals surface area contributed by atoms with Crippen molar-refractivity contribution in [2.75, 3.05) is 0 Å². The Morgan fingerprint density at radius 3 is 2.12 bits per heavy atom. The van der Waals surface area contributed by atoms with Crippen LogP contribution in [0.15, 0.2) is 72.8 Å². The van der Waals surface area contributed by atoms with E-state index < -0.39 is 0 Å². The van der Waals surface area contributed by atoms with Crippen LogP contribution >= 0.6 is 23.2 Å². The Labute approximate surface area is 155 Å². The molecule has 0 saturated carbocycles. The van der Waals surface area contributed by atoms with E-state index in [1.54, 1.807) is 18.2 Å². The van der Waals surface area contributed by atoms with Crippen LogP contribution in [0.2, 0.25) is 10.0 Å². The zero-order valence-electron chi connectivity index (χ0n) is 13.3. The summed E-state index contributed by atoms with van der Waals surface area (Å²) >= 11 is 12.0. The molecule has 25 heavy (non-hydrogen) atoms. The molecule has 0 aromatic heterocycles. The number of ketones is 1.